The molecule has 1 aromatic rings. The quantitative estimate of drug-likeness (QED) is 0.390. The predicted molar refractivity (Wildman–Crippen MR) is 125 cm³/mol. The minimum absolute atomic E-state index is 0.231. The first kappa shape index (κ1) is 22.6. The number of piperidine rings is 1. The van der Waals surface area contributed by atoms with Crippen molar-refractivity contribution >= 4 is 17.6 Å². The molecule has 0 spiro atoms. The minimum atomic E-state index is 0.231. The van der Waals surface area contributed by atoms with Crippen LogP contribution in [0.3, 0.4) is 0 Å². The van der Waals surface area contributed by atoms with Gasteiger partial charge in [0.05, 0.1) is 0 Å². The van der Waals surface area contributed by atoms with Gasteiger partial charge < -0.3 is 20.4 Å². The zero-order chi connectivity index (χ0) is 21.3. The van der Waals surface area contributed by atoms with Gasteiger partial charge in [-0.05, 0) is 61.8 Å². The number of nitrogens with one attached hydrogen (secondary N) is 2. The molecule has 0 saturated carbocycles. The highest BCUT2D eigenvalue weighted by Gasteiger charge is 2.22. The fraction of sp³-hybridized carbons (Fsp3) is 0.667. The van der Waals surface area contributed by atoms with Gasteiger partial charge in [-0.3, -0.25) is 9.79 Å². The molecule has 3 rings (SSSR count). The van der Waals surface area contributed by atoms with Crippen LogP contribution in [0.1, 0.15) is 51.5 Å². The number of anilines is 1. The van der Waals surface area contributed by atoms with E-state index >= 15 is 0 Å². The number of likely N-dealkylation sites (tertiary alicyclic amines) is 1. The third-order valence-electron chi connectivity index (χ3n) is 6.14. The fourth-order valence-electron chi connectivity index (χ4n) is 4.76. The summed E-state index contributed by atoms with van der Waals surface area (Å²) in [4.78, 5) is 20.7. The number of amides is 1. The first-order valence-corrected chi connectivity index (χ1v) is 11.6. The molecule has 30 heavy (non-hydrogen) atoms. The summed E-state index contributed by atoms with van der Waals surface area (Å²) in [5, 5.41) is 6.81. The van der Waals surface area contributed by atoms with E-state index < -0.39 is 0 Å². The molecule has 0 bridgehead atoms. The lowest BCUT2D eigenvalue weighted by Gasteiger charge is -2.34. The zero-order valence-corrected chi connectivity index (χ0v) is 19.0. The predicted octanol–water partition coefficient (Wildman–Crippen LogP) is 3.24. The molecule has 2 atom stereocenters. The van der Waals surface area contributed by atoms with Gasteiger partial charge in [-0.15, -0.1) is 0 Å². The maximum absolute atomic E-state index is 11.9. The maximum atomic E-state index is 11.9. The van der Waals surface area contributed by atoms with Crippen LogP contribution in [0.2, 0.25) is 0 Å². The summed E-state index contributed by atoms with van der Waals surface area (Å²) >= 11 is 0. The Kier molecular flexibility index (Phi) is 8.55. The Labute approximate surface area is 182 Å². The Morgan fingerprint density at radius 1 is 1.10 bits per heavy atom. The molecule has 0 aromatic heterocycles. The molecule has 2 unspecified atom stereocenters. The molecule has 2 saturated heterocycles. The molecular formula is C24H39N5O. The van der Waals surface area contributed by atoms with E-state index in [1.807, 2.05) is 24.1 Å². The van der Waals surface area contributed by atoms with Crippen LogP contribution in [0.5, 0.6) is 0 Å². The van der Waals surface area contributed by atoms with Crippen LogP contribution in [0.15, 0.2) is 29.3 Å². The molecule has 1 amide bonds. The molecule has 2 aliphatic rings. The van der Waals surface area contributed by atoms with Crippen molar-refractivity contribution in [2.45, 2.75) is 52.5 Å². The molecule has 0 aliphatic carbocycles. The second kappa shape index (κ2) is 11.3. The molecule has 1 aromatic carbocycles. The molecule has 2 aliphatic heterocycles. The standard InChI is InChI=1S/C24H39N5O/c1-19-15-20(2)18-28(17-19)13-5-4-12-26-24(25-3)27-16-21-8-10-22(11-9-21)29-14-6-7-23(29)30/h8-11,19-20H,4-7,12-18H2,1-3H3,(H2,25,26,27). The van der Waals surface area contributed by atoms with Gasteiger partial charge in [0, 0.05) is 51.9 Å². The number of nitrogens with zero attached hydrogens (tertiary/aromatic N) is 3. The molecule has 2 N–H and O–H groups in total. The summed E-state index contributed by atoms with van der Waals surface area (Å²) in [5.41, 5.74) is 2.18. The van der Waals surface area contributed by atoms with Crippen LogP contribution in [-0.2, 0) is 11.3 Å². The van der Waals surface area contributed by atoms with Crippen molar-refractivity contribution in [1.82, 2.24) is 15.5 Å². The van der Waals surface area contributed by atoms with Gasteiger partial charge in [0.1, 0.15) is 0 Å². The van der Waals surface area contributed by atoms with Gasteiger partial charge >= 0.3 is 0 Å². The van der Waals surface area contributed by atoms with Crippen LogP contribution in [0, 0.1) is 11.8 Å². The van der Waals surface area contributed by atoms with E-state index in [0.29, 0.717) is 6.42 Å². The lowest BCUT2D eigenvalue weighted by molar-refractivity contribution is -0.117. The molecule has 2 heterocycles. The van der Waals surface area contributed by atoms with Crippen molar-refractivity contribution in [3.8, 4) is 0 Å². The second-order valence-electron chi connectivity index (χ2n) is 9.08. The summed E-state index contributed by atoms with van der Waals surface area (Å²) in [6, 6.07) is 8.25. The summed E-state index contributed by atoms with van der Waals surface area (Å²) < 4.78 is 0. The van der Waals surface area contributed by atoms with Crippen molar-refractivity contribution in [2.75, 3.05) is 44.7 Å². The van der Waals surface area contributed by atoms with E-state index in [1.54, 1.807) is 0 Å². The van der Waals surface area contributed by atoms with Crippen molar-refractivity contribution < 1.29 is 4.79 Å². The molecule has 6 nitrogen and oxygen atoms in total. The van der Waals surface area contributed by atoms with E-state index in [-0.39, 0.29) is 5.91 Å². The minimum Gasteiger partial charge on any atom is -0.356 e. The van der Waals surface area contributed by atoms with Crippen LogP contribution >= 0.6 is 0 Å². The van der Waals surface area contributed by atoms with Gasteiger partial charge in [0.25, 0.3) is 0 Å². The summed E-state index contributed by atoms with van der Waals surface area (Å²) in [6.07, 6.45) is 5.37. The van der Waals surface area contributed by atoms with Crippen molar-refractivity contribution in [1.29, 1.82) is 0 Å². The molecule has 2 fully saturated rings. The highest BCUT2D eigenvalue weighted by atomic mass is 16.2. The van der Waals surface area contributed by atoms with E-state index in [1.165, 1.54) is 38.0 Å². The topological polar surface area (TPSA) is 60.0 Å². The Morgan fingerprint density at radius 3 is 2.47 bits per heavy atom. The van der Waals surface area contributed by atoms with Gasteiger partial charge in [-0.25, -0.2) is 0 Å². The maximum Gasteiger partial charge on any atom is 0.227 e. The lowest BCUT2D eigenvalue weighted by Crippen LogP contribution is -2.40. The number of benzene rings is 1. The highest BCUT2D eigenvalue weighted by molar-refractivity contribution is 5.95. The van der Waals surface area contributed by atoms with Gasteiger partial charge in [-0.1, -0.05) is 26.0 Å². The molecular weight excluding hydrogens is 374 g/mol. The van der Waals surface area contributed by atoms with Crippen LogP contribution in [0.4, 0.5) is 5.69 Å². The largest absolute Gasteiger partial charge is 0.356 e. The number of hydrogen-bond acceptors (Lipinski definition) is 3. The zero-order valence-electron chi connectivity index (χ0n) is 19.0. The van der Waals surface area contributed by atoms with Crippen molar-refractivity contribution in [3.63, 3.8) is 0 Å². The lowest BCUT2D eigenvalue weighted by atomic mass is 9.92. The number of carbonyl (C=O) groups is 1. The Balaban J connectivity index is 1.32. The van der Waals surface area contributed by atoms with E-state index in [2.05, 4.69) is 46.5 Å². The number of rotatable bonds is 8. The number of aliphatic imine (C=N–C) groups is 1. The summed E-state index contributed by atoms with van der Waals surface area (Å²) in [7, 11) is 1.81. The van der Waals surface area contributed by atoms with Crippen molar-refractivity contribution in [3.05, 3.63) is 29.8 Å². The average Bonchev–Trinajstić information content (AvgIpc) is 3.15. The van der Waals surface area contributed by atoms with Gasteiger partial charge in [0.15, 0.2) is 5.96 Å². The number of carbonyl (C=O) groups excluding carboxylic acids is 1. The molecule has 6 heteroatoms. The molecule has 0 radical (unpaired) electrons. The molecule has 166 valence electrons. The van der Waals surface area contributed by atoms with Crippen LogP contribution in [-0.4, -0.2) is 56.5 Å². The average molecular weight is 414 g/mol. The third-order valence-corrected chi connectivity index (χ3v) is 6.14. The highest BCUT2D eigenvalue weighted by Crippen LogP contribution is 2.22. The van der Waals surface area contributed by atoms with Crippen molar-refractivity contribution in [2.24, 2.45) is 16.8 Å². The third kappa shape index (κ3) is 6.73. The normalized spacial score (nSPS) is 23.1. The number of guanidine groups is 1. The second-order valence-corrected chi connectivity index (χ2v) is 9.08. The number of unbranched alkanes of at least 4 members (excludes halogenated alkanes) is 1. The monoisotopic (exact) mass is 413 g/mol. The Bertz CT molecular complexity index is 692. The number of hydrogen-bond donors (Lipinski definition) is 2. The smallest absolute Gasteiger partial charge is 0.227 e. The van der Waals surface area contributed by atoms with E-state index in [9.17, 15) is 4.79 Å². The Morgan fingerprint density at radius 2 is 1.83 bits per heavy atom. The summed E-state index contributed by atoms with van der Waals surface area (Å²) in [6.45, 7) is 11.0. The fourth-order valence-corrected chi connectivity index (χ4v) is 4.76. The van der Waals surface area contributed by atoms with Gasteiger partial charge in [0.2, 0.25) is 5.91 Å². The Hall–Kier alpha value is -2.08. The van der Waals surface area contributed by atoms with Crippen LogP contribution in [0.25, 0.3) is 0 Å². The first-order valence-electron chi connectivity index (χ1n) is 11.6. The van der Waals surface area contributed by atoms with E-state index in [0.717, 1.165) is 56.0 Å². The van der Waals surface area contributed by atoms with Gasteiger partial charge in [-0.2, -0.15) is 0 Å². The van der Waals surface area contributed by atoms with E-state index in [4.69, 9.17) is 0 Å². The van der Waals surface area contributed by atoms with Crippen LogP contribution < -0.4 is 15.5 Å². The SMILES string of the molecule is CN=C(NCCCCN1CC(C)CC(C)C1)NCc1ccc(N2CCCC2=O)cc1. The first-order chi connectivity index (χ1) is 14.5. The summed E-state index contributed by atoms with van der Waals surface area (Å²) in [5.74, 6) is 2.74.